The lowest BCUT2D eigenvalue weighted by Crippen LogP contribution is -2.29. The highest BCUT2D eigenvalue weighted by Gasteiger charge is 2.18. The summed E-state index contributed by atoms with van der Waals surface area (Å²) in [4.78, 5) is 0. The molecule has 1 N–H and O–H groups in total. The lowest BCUT2D eigenvalue weighted by atomic mass is 10.3. The van der Waals surface area contributed by atoms with Gasteiger partial charge in [0.25, 0.3) is 0 Å². The number of hydrogen-bond donors (Lipinski definition) is 1. The van der Waals surface area contributed by atoms with E-state index < -0.39 is 0 Å². The Labute approximate surface area is 71.6 Å². The van der Waals surface area contributed by atoms with Crippen molar-refractivity contribution >= 4 is 8.73 Å². The molecule has 1 rings (SSSR count). The van der Waals surface area contributed by atoms with Gasteiger partial charge in [0.15, 0.2) is 0 Å². The molecule has 0 aromatic rings. The summed E-state index contributed by atoms with van der Waals surface area (Å²) in [6, 6.07) is 0.644. The topological polar surface area (TPSA) is 15.3 Å². The Morgan fingerprint density at radius 3 is 2.82 bits per heavy atom. The fraction of sp³-hybridized carbons (Fsp3) is 1.00. The van der Waals surface area contributed by atoms with Crippen LogP contribution in [0.2, 0.25) is 0 Å². The van der Waals surface area contributed by atoms with E-state index in [2.05, 4.69) is 30.9 Å². The molecule has 2 unspecified atom stereocenters. The van der Waals surface area contributed by atoms with Gasteiger partial charge >= 0.3 is 0 Å². The molecule has 0 radical (unpaired) electrons. The van der Waals surface area contributed by atoms with Crippen LogP contribution in [0.5, 0.6) is 0 Å². The molecular formula is C8H19N2P. The smallest absolute Gasteiger partial charge is 0.00332 e. The first-order valence-electron chi connectivity index (χ1n) is 4.39. The van der Waals surface area contributed by atoms with Gasteiger partial charge in [0.2, 0.25) is 0 Å². The number of rotatable bonds is 3. The molecule has 2 nitrogen and oxygen atoms in total. The van der Waals surface area contributed by atoms with Gasteiger partial charge in [-0.2, -0.15) is 0 Å². The van der Waals surface area contributed by atoms with Gasteiger partial charge in [0.1, 0.15) is 0 Å². The summed E-state index contributed by atoms with van der Waals surface area (Å²) in [7, 11) is 3.26. The summed E-state index contributed by atoms with van der Waals surface area (Å²) < 4.78 is 2.44. The molecule has 2 atom stereocenters. The molecule has 0 bridgehead atoms. The third-order valence-corrected chi connectivity index (χ3v) is 3.51. The maximum atomic E-state index is 3.49. The first-order valence-corrected chi connectivity index (χ1v) is 5.41. The summed E-state index contributed by atoms with van der Waals surface area (Å²) in [6.45, 7) is 6.92. The second-order valence-corrected chi connectivity index (χ2v) is 5.44. The molecule has 1 fully saturated rings. The van der Waals surface area contributed by atoms with Crippen LogP contribution >= 0.6 is 8.73 Å². The molecule has 0 amide bonds. The predicted molar refractivity (Wildman–Crippen MR) is 52.5 cm³/mol. The van der Waals surface area contributed by atoms with Crippen LogP contribution in [0.1, 0.15) is 20.3 Å². The predicted octanol–water partition coefficient (Wildman–Crippen LogP) is 1.28. The second-order valence-electron chi connectivity index (χ2n) is 3.60. The molecule has 0 aliphatic carbocycles. The standard InChI is InChI=1S/C8H19N2P/c1-7(2)9-6-8-4-5-10(3)11-8/h7-9,11H,4-6H2,1-3H3. The Hall–Kier alpha value is 0.350. The number of nitrogens with zero attached hydrogens (tertiary/aromatic N) is 1. The van der Waals surface area contributed by atoms with Gasteiger partial charge in [-0.05, 0) is 22.2 Å². The Morgan fingerprint density at radius 1 is 1.64 bits per heavy atom. The Morgan fingerprint density at radius 2 is 2.36 bits per heavy atom. The van der Waals surface area contributed by atoms with E-state index in [1.54, 1.807) is 0 Å². The van der Waals surface area contributed by atoms with Crippen molar-refractivity contribution in [2.75, 3.05) is 20.1 Å². The van der Waals surface area contributed by atoms with Crippen molar-refractivity contribution < 1.29 is 0 Å². The zero-order chi connectivity index (χ0) is 8.27. The molecular weight excluding hydrogens is 155 g/mol. The Kier molecular flexibility index (Phi) is 3.77. The van der Waals surface area contributed by atoms with Crippen LogP contribution < -0.4 is 5.32 Å². The fourth-order valence-corrected chi connectivity index (χ4v) is 2.66. The van der Waals surface area contributed by atoms with Gasteiger partial charge < -0.3 is 5.32 Å². The van der Waals surface area contributed by atoms with E-state index in [1.165, 1.54) is 19.5 Å². The van der Waals surface area contributed by atoms with Crippen LogP contribution in [0.3, 0.4) is 0 Å². The molecule has 1 aliphatic rings. The average molecular weight is 174 g/mol. The Balaban J connectivity index is 2.08. The van der Waals surface area contributed by atoms with Crippen LogP contribution in [0.15, 0.2) is 0 Å². The Bertz CT molecular complexity index is 117. The van der Waals surface area contributed by atoms with E-state index in [1.807, 2.05) is 0 Å². The maximum absolute atomic E-state index is 3.49. The summed E-state index contributed by atoms with van der Waals surface area (Å²) in [5.41, 5.74) is 0.919. The van der Waals surface area contributed by atoms with E-state index in [0.717, 1.165) is 14.4 Å². The third kappa shape index (κ3) is 3.50. The highest BCUT2D eigenvalue weighted by molar-refractivity contribution is 7.36. The SMILES string of the molecule is CC(C)NCC1CCN(C)P1. The molecule has 1 heterocycles. The van der Waals surface area contributed by atoms with Gasteiger partial charge in [0, 0.05) is 24.8 Å². The number of hydrogen-bond acceptors (Lipinski definition) is 2. The zero-order valence-corrected chi connectivity index (χ0v) is 8.72. The zero-order valence-electron chi connectivity index (χ0n) is 7.72. The lowest BCUT2D eigenvalue weighted by molar-refractivity contribution is 0.550. The van der Waals surface area contributed by atoms with Crippen LogP contribution in [0.4, 0.5) is 0 Å². The summed E-state index contributed by atoms with van der Waals surface area (Å²) in [6.07, 6.45) is 1.38. The van der Waals surface area contributed by atoms with Crippen molar-refractivity contribution in [3.05, 3.63) is 0 Å². The van der Waals surface area contributed by atoms with E-state index in [9.17, 15) is 0 Å². The first kappa shape index (κ1) is 9.44. The van der Waals surface area contributed by atoms with E-state index in [0.29, 0.717) is 6.04 Å². The molecule has 66 valence electrons. The normalized spacial score (nSPS) is 28.9. The molecule has 0 aromatic carbocycles. The van der Waals surface area contributed by atoms with Gasteiger partial charge in [-0.15, -0.1) is 0 Å². The molecule has 0 spiro atoms. The van der Waals surface area contributed by atoms with Crippen LogP contribution in [0, 0.1) is 0 Å². The van der Waals surface area contributed by atoms with E-state index >= 15 is 0 Å². The van der Waals surface area contributed by atoms with Crippen molar-refractivity contribution in [3.8, 4) is 0 Å². The quantitative estimate of drug-likeness (QED) is 0.648. The van der Waals surface area contributed by atoms with Crippen LogP contribution in [0.25, 0.3) is 0 Å². The molecule has 3 heteroatoms. The molecule has 1 aliphatic heterocycles. The van der Waals surface area contributed by atoms with Crippen molar-refractivity contribution in [2.24, 2.45) is 0 Å². The van der Waals surface area contributed by atoms with Crippen molar-refractivity contribution in [1.29, 1.82) is 0 Å². The fourth-order valence-electron chi connectivity index (χ4n) is 1.32. The van der Waals surface area contributed by atoms with Crippen molar-refractivity contribution in [3.63, 3.8) is 0 Å². The molecule has 0 saturated carbocycles. The highest BCUT2D eigenvalue weighted by Crippen LogP contribution is 2.32. The lowest BCUT2D eigenvalue weighted by Gasteiger charge is -2.13. The van der Waals surface area contributed by atoms with Crippen molar-refractivity contribution in [1.82, 2.24) is 9.99 Å². The minimum absolute atomic E-state index is 0.644. The van der Waals surface area contributed by atoms with Crippen molar-refractivity contribution in [2.45, 2.75) is 32.0 Å². The van der Waals surface area contributed by atoms with Gasteiger partial charge in [-0.3, -0.25) is 4.67 Å². The maximum Gasteiger partial charge on any atom is 0.00332 e. The van der Waals surface area contributed by atoms with E-state index in [4.69, 9.17) is 0 Å². The highest BCUT2D eigenvalue weighted by atomic mass is 31.1. The van der Waals surface area contributed by atoms with Crippen LogP contribution in [-0.2, 0) is 0 Å². The summed E-state index contributed by atoms with van der Waals surface area (Å²) >= 11 is 0. The summed E-state index contributed by atoms with van der Waals surface area (Å²) in [5, 5.41) is 3.49. The molecule has 0 aromatic heterocycles. The van der Waals surface area contributed by atoms with Gasteiger partial charge in [-0.1, -0.05) is 13.8 Å². The largest absolute Gasteiger partial charge is 0.314 e. The minimum Gasteiger partial charge on any atom is -0.314 e. The second kappa shape index (κ2) is 4.39. The number of nitrogens with one attached hydrogen (secondary N) is 1. The molecule has 1 saturated heterocycles. The van der Waals surface area contributed by atoms with E-state index in [-0.39, 0.29) is 0 Å². The van der Waals surface area contributed by atoms with Gasteiger partial charge in [0.05, 0.1) is 0 Å². The minimum atomic E-state index is 0.644. The van der Waals surface area contributed by atoms with Gasteiger partial charge in [-0.25, -0.2) is 0 Å². The average Bonchev–Trinajstić information content (AvgIpc) is 2.31. The third-order valence-electron chi connectivity index (χ3n) is 1.99. The first-order chi connectivity index (χ1) is 5.18. The summed E-state index contributed by atoms with van der Waals surface area (Å²) in [5.74, 6) is 0. The monoisotopic (exact) mass is 174 g/mol. The molecule has 11 heavy (non-hydrogen) atoms. The van der Waals surface area contributed by atoms with Crippen LogP contribution in [-0.4, -0.2) is 36.5 Å².